The van der Waals surface area contributed by atoms with E-state index in [-0.39, 0.29) is 0 Å². The Balaban J connectivity index is 1.02. The number of para-hydroxylation sites is 2. The van der Waals surface area contributed by atoms with E-state index in [2.05, 4.69) is 156 Å². The van der Waals surface area contributed by atoms with Crippen molar-refractivity contribution < 1.29 is 4.42 Å². The molecule has 0 spiro atoms. The van der Waals surface area contributed by atoms with Crippen molar-refractivity contribution in [1.82, 2.24) is 4.57 Å². The first-order valence-corrected chi connectivity index (χ1v) is 19.1. The van der Waals surface area contributed by atoms with E-state index in [1.807, 2.05) is 54.6 Å². The Hall–Kier alpha value is -7.63. The van der Waals surface area contributed by atoms with E-state index >= 15 is 0 Å². The van der Waals surface area contributed by atoms with E-state index in [0.717, 1.165) is 66.5 Å². The van der Waals surface area contributed by atoms with Gasteiger partial charge in [0.1, 0.15) is 11.2 Å². The molecule has 0 bridgehead atoms. The van der Waals surface area contributed by atoms with Gasteiger partial charge in [0.25, 0.3) is 0 Å². The number of hydrogen-bond acceptors (Lipinski definition) is 2. The van der Waals surface area contributed by atoms with Gasteiger partial charge >= 0.3 is 0 Å². The molecule has 10 aromatic rings. The third-order valence-corrected chi connectivity index (χ3v) is 10.6. The quantitative estimate of drug-likeness (QED) is 0.119. The normalized spacial score (nSPS) is 12.2. The highest BCUT2D eigenvalue weighted by Crippen LogP contribution is 2.37. The maximum absolute atomic E-state index is 6.12. The van der Waals surface area contributed by atoms with Crippen LogP contribution in [-0.2, 0) is 6.54 Å². The molecule has 2 heterocycles. The fraction of sp³-hybridized carbons (Fsp3) is 0.0192. The Morgan fingerprint density at radius 3 is 1.88 bits per heavy atom. The highest BCUT2D eigenvalue weighted by Gasteiger charge is 2.16. The summed E-state index contributed by atoms with van der Waals surface area (Å²) in [7, 11) is 0. The van der Waals surface area contributed by atoms with Crippen LogP contribution in [0, 0.1) is 0 Å². The minimum atomic E-state index is 0.475. The topological polar surface area (TPSA) is 55.1 Å². The van der Waals surface area contributed by atoms with Gasteiger partial charge in [-0.1, -0.05) is 146 Å². The Morgan fingerprint density at radius 1 is 0.456 bits per heavy atom. The summed E-state index contributed by atoms with van der Waals surface area (Å²) in [6.45, 7) is 4.43. The van der Waals surface area contributed by atoms with E-state index in [1.165, 1.54) is 21.9 Å². The Bertz CT molecular complexity index is 3150. The summed E-state index contributed by atoms with van der Waals surface area (Å²) < 4.78 is 8.44. The molecule has 0 atom stereocenters. The van der Waals surface area contributed by atoms with Crippen molar-refractivity contribution in [2.24, 2.45) is 15.0 Å². The number of nitrogens with zero attached hydrogens (tertiary/aromatic N) is 4. The first-order chi connectivity index (χ1) is 28.2. The second-order valence-electron chi connectivity index (χ2n) is 14.1. The lowest BCUT2D eigenvalue weighted by atomic mass is 10.0. The zero-order valence-electron chi connectivity index (χ0n) is 31.1. The fourth-order valence-corrected chi connectivity index (χ4v) is 7.79. The summed E-state index contributed by atoms with van der Waals surface area (Å²) in [5.74, 6) is 1.10. The first-order valence-electron chi connectivity index (χ1n) is 19.1. The lowest BCUT2D eigenvalue weighted by molar-refractivity contribution is 0.669. The zero-order chi connectivity index (χ0) is 38.1. The van der Waals surface area contributed by atoms with Gasteiger partial charge in [-0.2, -0.15) is 0 Å². The number of aliphatic imine (C=N–C) groups is 3. The van der Waals surface area contributed by atoms with Crippen molar-refractivity contribution in [3.05, 3.63) is 211 Å². The summed E-state index contributed by atoms with van der Waals surface area (Å²) in [6, 6.07) is 67.3. The number of benzene rings is 8. The van der Waals surface area contributed by atoms with Gasteiger partial charge < -0.3 is 8.98 Å². The van der Waals surface area contributed by atoms with Gasteiger partial charge in [-0.05, 0) is 83.1 Å². The fourth-order valence-electron chi connectivity index (χ4n) is 7.79. The highest BCUT2D eigenvalue weighted by molar-refractivity contribution is 6.14. The van der Waals surface area contributed by atoms with Crippen LogP contribution in [0.3, 0.4) is 0 Å². The maximum Gasteiger partial charge on any atom is 0.161 e. The average Bonchev–Trinajstić information content (AvgIpc) is 3.82. The van der Waals surface area contributed by atoms with Gasteiger partial charge in [0, 0.05) is 38.4 Å². The number of rotatable bonds is 7. The van der Waals surface area contributed by atoms with Gasteiger partial charge in [0.2, 0.25) is 0 Å². The molecule has 5 heteroatoms. The van der Waals surface area contributed by atoms with Gasteiger partial charge in [-0.25, -0.2) is 9.98 Å². The van der Waals surface area contributed by atoms with Crippen LogP contribution in [0.5, 0.6) is 0 Å². The number of aromatic nitrogens is 1. The molecular formula is C52H36N4O. The molecule has 5 nitrogen and oxygen atoms in total. The van der Waals surface area contributed by atoms with Crippen LogP contribution < -0.4 is 0 Å². The molecule has 8 aromatic carbocycles. The number of amidine groups is 2. The second-order valence-corrected chi connectivity index (χ2v) is 14.1. The monoisotopic (exact) mass is 732 g/mol. The molecule has 2 aromatic heterocycles. The lowest BCUT2D eigenvalue weighted by Crippen LogP contribution is -2.06. The van der Waals surface area contributed by atoms with E-state index < -0.39 is 0 Å². The lowest BCUT2D eigenvalue weighted by Gasteiger charge is -2.11. The van der Waals surface area contributed by atoms with Crippen LogP contribution in [0.15, 0.2) is 214 Å². The minimum absolute atomic E-state index is 0.475. The summed E-state index contributed by atoms with van der Waals surface area (Å²) >= 11 is 0. The van der Waals surface area contributed by atoms with Gasteiger partial charge in [0.15, 0.2) is 11.7 Å². The number of furan rings is 1. The van der Waals surface area contributed by atoms with Crippen LogP contribution in [0.25, 0.3) is 71.7 Å². The van der Waals surface area contributed by atoms with Gasteiger partial charge in [-0.15, -0.1) is 0 Å². The third-order valence-electron chi connectivity index (χ3n) is 10.6. The van der Waals surface area contributed by atoms with Crippen LogP contribution in [0.1, 0.15) is 16.7 Å². The van der Waals surface area contributed by atoms with Gasteiger partial charge in [-0.3, -0.25) is 4.99 Å². The molecular weight excluding hydrogens is 697 g/mol. The van der Waals surface area contributed by atoms with Crippen molar-refractivity contribution in [2.75, 3.05) is 0 Å². The van der Waals surface area contributed by atoms with Crippen LogP contribution in [0.4, 0.5) is 0 Å². The molecule has 0 saturated carbocycles. The predicted octanol–water partition coefficient (Wildman–Crippen LogP) is 13.1. The van der Waals surface area contributed by atoms with Gasteiger partial charge in [0.05, 0.1) is 17.6 Å². The maximum atomic E-state index is 6.12. The van der Waals surface area contributed by atoms with E-state index in [1.54, 1.807) is 0 Å². The minimum Gasteiger partial charge on any atom is -0.456 e. The van der Waals surface area contributed by atoms with E-state index in [9.17, 15) is 0 Å². The van der Waals surface area contributed by atoms with Crippen molar-refractivity contribution in [3.8, 4) is 27.9 Å². The molecule has 0 saturated heterocycles. The summed E-state index contributed by atoms with van der Waals surface area (Å²) in [6.07, 6.45) is 0. The Morgan fingerprint density at radius 2 is 1.07 bits per heavy atom. The first kappa shape index (κ1) is 33.9. The molecule has 0 radical (unpaired) electrons. The van der Waals surface area contributed by atoms with Crippen LogP contribution in [0.2, 0.25) is 0 Å². The van der Waals surface area contributed by atoms with Crippen LogP contribution in [-0.4, -0.2) is 23.0 Å². The molecule has 0 fully saturated rings. The average molecular weight is 733 g/mol. The number of hydrogen-bond donors (Lipinski definition) is 0. The van der Waals surface area contributed by atoms with Crippen molar-refractivity contribution >= 4 is 62.1 Å². The highest BCUT2D eigenvalue weighted by atomic mass is 16.3. The molecule has 10 rings (SSSR count). The third kappa shape index (κ3) is 6.41. The SMILES string of the molecule is C=N/C(=N\C(=N/Cc1ccc(-c2ccccc2)cc1)c1ccccc1)c1cccc(-n2c3ccccc3c3cc(-c4ccc5oc6ccccc6c5c4)ccc32)c1. The number of fused-ring (bicyclic) bond motifs is 6. The van der Waals surface area contributed by atoms with E-state index in [4.69, 9.17) is 14.4 Å². The molecule has 0 aliphatic heterocycles. The molecule has 0 aliphatic rings. The molecule has 0 aliphatic carbocycles. The zero-order valence-corrected chi connectivity index (χ0v) is 31.1. The summed E-state index contributed by atoms with van der Waals surface area (Å²) in [5.41, 5.74) is 12.5. The second kappa shape index (κ2) is 14.5. The molecule has 0 N–H and O–H groups in total. The Labute approximate surface area is 330 Å². The largest absolute Gasteiger partial charge is 0.456 e. The molecule has 0 unspecified atom stereocenters. The predicted molar refractivity (Wildman–Crippen MR) is 238 cm³/mol. The van der Waals surface area contributed by atoms with Crippen LogP contribution >= 0.6 is 0 Å². The molecule has 57 heavy (non-hydrogen) atoms. The van der Waals surface area contributed by atoms with Crippen molar-refractivity contribution in [3.63, 3.8) is 0 Å². The smallest absolute Gasteiger partial charge is 0.161 e. The van der Waals surface area contributed by atoms with E-state index in [0.29, 0.717) is 18.2 Å². The standard InChI is InChI=1S/C52H36N4O/c1-53-51(55-52(38-15-6-3-7-16-38)54-34-35-23-25-37(26-24-35)36-13-4-2-5-14-36)41-17-12-18-42(31-41)56-47-21-10-8-19-43(47)45-32-39(27-29-48(45)56)40-28-30-50-46(33-40)44-20-9-11-22-49(44)57-50/h2-33H,1,34H2/b54-52-,55-51-. The molecule has 0 amide bonds. The Kier molecular flexibility index (Phi) is 8.65. The van der Waals surface area contributed by atoms with Crippen molar-refractivity contribution in [2.45, 2.75) is 6.54 Å². The molecule has 270 valence electrons. The summed E-state index contributed by atoms with van der Waals surface area (Å²) in [5, 5.41) is 4.60. The summed E-state index contributed by atoms with van der Waals surface area (Å²) in [4.78, 5) is 14.5. The van der Waals surface area contributed by atoms with Crippen molar-refractivity contribution in [1.29, 1.82) is 0 Å².